The molecule has 2 rings (SSSR count). The van der Waals surface area contributed by atoms with E-state index >= 15 is 0 Å². The summed E-state index contributed by atoms with van der Waals surface area (Å²) >= 11 is 0. The topological polar surface area (TPSA) is 52.9 Å². The van der Waals surface area contributed by atoms with E-state index in [1.807, 2.05) is 6.07 Å². The van der Waals surface area contributed by atoms with Gasteiger partial charge in [0.25, 0.3) is 0 Å². The van der Waals surface area contributed by atoms with Crippen molar-refractivity contribution in [2.75, 3.05) is 27.9 Å². The van der Waals surface area contributed by atoms with Crippen molar-refractivity contribution in [3.8, 4) is 17.2 Å². The number of methoxy groups -OCH3 is 3. The second kappa shape index (κ2) is 6.72. The molecule has 0 atom stereocenters. The molecule has 0 amide bonds. The molecule has 1 aromatic carbocycles. The van der Waals surface area contributed by atoms with Crippen LogP contribution in [-0.2, 0) is 13.0 Å². The maximum Gasteiger partial charge on any atom is 0.204 e. The van der Waals surface area contributed by atoms with Gasteiger partial charge in [-0.05, 0) is 13.0 Å². The third-order valence-corrected chi connectivity index (χ3v) is 3.55. The zero-order valence-corrected chi connectivity index (χ0v) is 13.3. The van der Waals surface area contributed by atoms with Crippen molar-refractivity contribution in [2.24, 2.45) is 0 Å². The van der Waals surface area contributed by atoms with Gasteiger partial charge in [0, 0.05) is 11.6 Å². The van der Waals surface area contributed by atoms with E-state index < -0.39 is 0 Å². The lowest BCUT2D eigenvalue weighted by atomic mass is 10.1. The number of hydrogen-bond donors (Lipinski definition) is 1. The Morgan fingerprint density at radius 3 is 2.29 bits per heavy atom. The van der Waals surface area contributed by atoms with Crippen molar-refractivity contribution in [1.29, 1.82) is 0 Å². The van der Waals surface area contributed by atoms with Crippen molar-refractivity contribution in [1.82, 2.24) is 5.32 Å². The molecule has 0 bridgehead atoms. The average molecular weight is 293 g/mol. The predicted octanol–water partition coefficient (Wildman–Crippen LogP) is 3.13. The van der Waals surface area contributed by atoms with Crippen molar-refractivity contribution in [3.63, 3.8) is 0 Å². The molecule has 0 spiro atoms. The van der Waals surface area contributed by atoms with E-state index in [0.717, 1.165) is 35.3 Å². The molecule has 0 unspecified atom stereocenters. The Labute approximate surface area is 125 Å². The summed E-state index contributed by atoms with van der Waals surface area (Å²) in [4.78, 5) is 0. The van der Waals surface area contributed by atoms with Crippen LogP contribution < -0.4 is 19.5 Å². The third kappa shape index (κ3) is 2.65. The summed E-state index contributed by atoms with van der Waals surface area (Å²) in [7, 11) is 4.84. The second-order valence-corrected chi connectivity index (χ2v) is 4.66. The molecule has 0 aliphatic rings. The Kier molecular flexibility index (Phi) is 4.96. The van der Waals surface area contributed by atoms with Crippen LogP contribution >= 0.6 is 0 Å². The number of benzene rings is 1. The number of rotatable bonds is 7. The van der Waals surface area contributed by atoms with Crippen LogP contribution in [0.25, 0.3) is 11.0 Å². The minimum Gasteiger partial charge on any atom is -0.493 e. The van der Waals surface area contributed by atoms with Crippen LogP contribution in [-0.4, -0.2) is 27.9 Å². The Morgan fingerprint density at radius 2 is 1.76 bits per heavy atom. The summed E-state index contributed by atoms with van der Waals surface area (Å²) in [5.41, 5.74) is 1.90. The number of nitrogens with one attached hydrogen (secondary N) is 1. The Morgan fingerprint density at radius 1 is 1.05 bits per heavy atom. The lowest BCUT2D eigenvalue weighted by Gasteiger charge is -2.13. The SMILES string of the molecule is CCNCc1oc2cc(OC)c(OC)c(OC)c2c1CC. The van der Waals surface area contributed by atoms with E-state index in [4.69, 9.17) is 18.6 Å². The first-order valence-electron chi connectivity index (χ1n) is 7.15. The number of aryl methyl sites for hydroxylation is 1. The standard InChI is InChI=1S/C16H23NO4/c1-6-10-13(9-17-7-2)21-11-8-12(18-3)15(19-4)16(20-5)14(10)11/h8,17H,6-7,9H2,1-5H3. The van der Waals surface area contributed by atoms with Gasteiger partial charge in [0.1, 0.15) is 11.3 Å². The molecule has 1 N–H and O–H groups in total. The highest BCUT2D eigenvalue weighted by Gasteiger charge is 2.23. The molecule has 21 heavy (non-hydrogen) atoms. The van der Waals surface area contributed by atoms with Gasteiger partial charge < -0.3 is 23.9 Å². The summed E-state index contributed by atoms with van der Waals surface area (Å²) in [6.45, 7) is 5.77. The van der Waals surface area contributed by atoms with Crippen molar-refractivity contribution in [3.05, 3.63) is 17.4 Å². The van der Waals surface area contributed by atoms with Crippen LogP contribution in [0.3, 0.4) is 0 Å². The van der Waals surface area contributed by atoms with Gasteiger partial charge in [-0.1, -0.05) is 13.8 Å². The van der Waals surface area contributed by atoms with Crippen LogP contribution in [0, 0.1) is 0 Å². The first-order valence-corrected chi connectivity index (χ1v) is 7.15. The van der Waals surface area contributed by atoms with Gasteiger partial charge in [-0.15, -0.1) is 0 Å². The smallest absolute Gasteiger partial charge is 0.204 e. The van der Waals surface area contributed by atoms with Gasteiger partial charge in [0.15, 0.2) is 11.5 Å². The molecule has 0 saturated carbocycles. The van der Waals surface area contributed by atoms with Gasteiger partial charge in [0.2, 0.25) is 5.75 Å². The highest BCUT2D eigenvalue weighted by Crippen LogP contribution is 2.46. The minimum atomic E-state index is 0.595. The molecule has 116 valence electrons. The molecule has 0 fully saturated rings. The minimum absolute atomic E-state index is 0.595. The molecule has 0 saturated heterocycles. The molecule has 2 aromatic rings. The Balaban J connectivity index is 2.72. The third-order valence-electron chi connectivity index (χ3n) is 3.55. The van der Waals surface area contributed by atoms with E-state index in [9.17, 15) is 0 Å². The molecule has 1 heterocycles. The van der Waals surface area contributed by atoms with Crippen LogP contribution in [0.4, 0.5) is 0 Å². The molecule has 5 nitrogen and oxygen atoms in total. The highest BCUT2D eigenvalue weighted by atomic mass is 16.5. The summed E-state index contributed by atoms with van der Waals surface area (Å²) in [5, 5.41) is 4.26. The van der Waals surface area contributed by atoms with Crippen LogP contribution in [0.15, 0.2) is 10.5 Å². The molecular weight excluding hydrogens is 270 g/mol. The van der Waals surface area contributed by atoms with E-state index in [1.54, 1.807) is 21.3 Å². The Hall–Kier alpha value is -1.88. The normalized spacial score (nSPS) is 10.9. The number of furan rings is 1. The average Bonchev–Trinajstić information content (AvgIpc) is 2.87. The number of fused-ring (bicyclic) bond motifs is 1. The molecule has 5 heteroatoms. The van der Waals surface area contributed by atoms with Crippen molar-refractivity contribution >= 4 is 11.0 Å². The molecular formula is C16H23NO4. The lowest BCUT2D eigenvalue weighted by molar-refractivity contribution is 0.326. The van der Waals surface area contributed by atoms with E-state index in [-0.39, 0.29) is 0 Å². The van der Waals surface area contributed by atoms with Gasteiger partial charge in [-0.25, -0.2) is 0 Å². The molecule has 1 aromatic heterocycles. The van der Waals surface area contributed by atoms with E-state index in [0.29, 0.717) is 23.8 Å². The van der Waals surface area contributed by atoms with Crippen molar-refractivity contribution in [2.45, 2.75) is 26.8 Å². The summed E-state index contributed by atoms with van der Waals surface area (Å²) < 4.78 is 22.4. The maximum atomic E-state index is 6.00. The molecule has 0 radical (unpaired) electrons. The fraction of sp³-hybridized carbons (Fsp3) is 0.500. The van der Waals surface area contributed by atoms with E-state index in [2.05, 4.69) is 19.2 Å². The van der Waals surface area contributed by atoms with Gasteiger partial charge >= 0.3 is 0 Å². The number of hydrogen-bond acceptors (Lipinski definition) is 5. The van der Waals surface area contributed by atoms with Crippen LogP contribution in [0.2, 0.25) is 0 Å². The number of ether oxygens (including phenoxy) is 3. The Bertz CT molecular complexity index is 618. The predicted molar refractivity (Wildman–Crippen MR) is 82.6 cm³/mol. The molecule has 0 aliphatic carbocycles. The summed E-state index contributed by atoms with van der Waals surface area (Å²) in [6, 6.07) is 1.85. The van der Waals surface area contributed by atoms with Crippen LogP contribution in [0.1, 0.15) is 25.2 Å². The first kappa shape index (κ1) is 15.5. The highest BCUT2D eigenvalue weighted by molar-refractivity contribution is 5.93. The summed E-state index contributed by atoms with van der Waals surface area (Å²) in [5.74, 6) is 2.80. The van der Waals surface area contributed by atoms with Crippen LogP contribution in [0.5, 0.6) is 17.2 Å². The monoisotopic (exact) mass is 293 g/mol. The van der Waals surface area contributed by atoms with Gasteiger partial charge in [-0.3, -0.25) is 0 Å². The van der Waals surface area contributed by atoms with Crippen molar-refractivity contribution < 1.29 is 18.6 Å². The summed E-state index contributed by atoms with van der Waals surface area (Å²) in [6.07, 6.45) is 0.861. The zero-order chi connectivity index (χ0) is 15.4. The second-order valence-electron chi connectivity index (χ2n) is 4.66. The van der Waals surface area contributed by atoms with Gasteiger partial charge in [-0.2, -0.15) is 0 Å². The fourth-order valence-corrected chi connectivity index (χ4v) is 2.59. The lowest BCUT2D eigenvalue weighted by Crippen LogP contribution is -2.12. The van der Waals surface area contributed by atoms with E-state index in [1.165, 1.54) is 0 Å². The largest absolute Gasteiger partial charge is 0.493 e. The maximum absolute atomic E-state index is 6.00. The zero-order valence-electron chi connectivity index (χ0n) is 13.3. The molecule has 0 aliphatic heterocycles. The first-order chi connectivity index (χ1) is 10.2. The van der Waals surface area contributed by atoms with Gasteiger partial charge in [0.05, 0.1) is 33.3 Å². The quantitative estimate of drug-likeness (QED) is 0.850. The fourth-order valence-electron chi connectivity index (χ4n) is 2.59.